The molecule has 0 bridgehead atoms. The number of benzene rings is 1. The van der Waals surface area contributed by atoms with Crippen LogP contribution in [0.25, 0.3) is 0 Å². The molecule has 1 aromatic heterocycles. The third kappa shape index (κ3) is 2.68. The van der Waals surface area contributed by atoms with Crippen molar-refractivity contribution in [2.45, 2.75) is 0 Å². The third-order valence-corrected chi connectivity index (χ3v) is 2.20. The van der Waals surface area contributed by atoms with Crippen molar-refractivity contribution in [2.75, 3.05) is 7.11 Å². The Labute approximate surface area is 106 Å². The molecule has 0 aliphatic rings. The first-order valence-corrected chi connectivity index (χ1v) is 5.04. The average molecular weight is 264 g/mol. The van der Waals surface area contributed by atoms with E-state index in [9.17, 15) is 14.9 Å². The van der Waals surface area contributed by atoms with Crippen LogP contribution in [0.4, 0.5) is 5.69 Å². The summed E-state index contributed by atoms with van der Waals surface area (Å²) in [7, 11) is 1.31. The molecule has 0 aliphatic heterocycles. The third-order valence-electron chi connectivity index (χ3n) is 2.20. The molecule has 8 heteroatoms. The van der Waals surface area contributed by atoms with Crippen LogP contribution >= 0.6 is 0 Å². The van der Waals surface area contributed by atoms with Crippen molar-refractivity contribution < 1.29 is 23.6 Å². The fourth-order valence-corrected chi connectivity index (χ4v) is 1.35. The lowest BCUT2D eigenvalue weighted by Gasteiger charge is -2.04. The van der Waals surface area contributed by atoms with Gasteiger partial charge in [0, 0.05) is 0 Å². The number of hydrogen-bond acceptors (Lipinski definition) is 7. The number of aromatic nitrogens is 1. The Kier molecular flexibility index (Phi) is 3.42. The zero-order valence-corrected chi connectivity index (χ0v) is 9.73. The van der Waals surface area contributed by atoms with Crippen molar-refractivity contribution in [1.29, 1.82) is 0 Å². The van der Waals surface area contributed by atoms with Gasteiger partial charge in [-0.05, 0) is 12.1 Å². The summed E-state index contributed by atoms with van der Waals surface area (Å²) in [5, 5.41) is 10.8. The molecule has 0 saturated carbocycles. The molecular formula is C11H8N2O6. The lowest BCUT2D eigenvalue weighted by Crippen LogP contribution is -2.09. The van der Waals surface area contributed by atoms with Gasteiger partial charge in [-0.2, -0.15) is 0 Å². The maximum atomic E-state index is 11.6. The number of nitro groups is 1. The van der Waals surface area contributed by atoms with Crippen molar-refractivity contribution in [1.82, 2.24) is 4.98 Å². The molecular weight excluding hydrogens is 256 g/mol. The second-order valence-corrected chi connectivity index (χ2v) is 3.35. The number of carbonyl (C=O) groups excluding carboxylic acids is 1. The van der Waals surface area contributed by atoms with Gasteiger partial charge in [0.05, 0.1) is 18.1 Å². The van der Waals surface area contributed by atoms with E-state index in [1.54, 1.807) is 0 Å². The maximum absolute atomic E-state index is 11.6. The highest BCUT2D eigenvalue weighted by Gasteiger charge is 2.18. The summed E-state index contributed by atoms with van der Waals surface area (Å²) in [6, 6.07) is 3.81. The van der Waals surface area contributed by atoms with Crippen molar-refractivity contribution in [3.63, 3.8) is 0 Å². The first-order chi connectivity index (χ1) is 9.11. The predicted octanol–water partition coefficient (Wildman–Crippen LogP) is 1.81. The van der Waals surface area contributed by atoms with Crippen LogP contribution in [0.1, 0.15) is 10.5 Å². The number of nitrogens with zero attached hydrogens (tertiary/aromatic N) is 2. The fourth-order valence-electron chi connectivity index (χ4n) is 1.35. The van der Waals surface area contributed by atoms with Gasteiger partial charge >= 0.3 is 11.7 Å². The molecule has 0 aliphatic carbocycles. The van der Waals surface area contributed by atoms with Crippen LogP contribution in [0.15, 0.2) is 35.3 Å². The van der Waals surface area contributed by atoms with Crippen LogP contribution in [0.3, 0.4) is 0 Å². The van der Waals surface area contributed by atoms with Gasteiger partial charge in [-0.1, -0.05) is 0 Å². The lowest BCUT2D eigenvalue weighted by atomic mass is 10.3. The Morgan fingerprint density at radius 3 is 2.84 bits per heavy atom. The van der Waals surface area contributed by atoms with Gasteiger partial charge in [-0.25, -0.2) is 9.78 Å². The van der Waals surface area contributed by atoms with Gasteiger partial charge in [0.2, 0.25) is 0 Å². The highest BCUT2D eigenvalue weighted by Crippen LogP contribution is 2.30. The molecule has 0 radical (unpaired) electrons. The first kappa shape index (κ1) is 12.6. The number of esters is 1. The topological polar surface area (TPSA) is 105 Å². The number of ether oxygens (including phenoxy) is 2. The van der Waals surface area contributed by atoms with E-state index in [2.05, 4.69) is 9.40 Å². The zero-order chi connectivity index (χ0) is 13.8. The molecule has 8 nitrogen and oxygen atoms in total. The molecule has 0 saturated heterocycles. The summed E-state index contributed by atoms with van der Waals surface area (Å²) < 4.78 is 14.4. The van der Waals surface area contributed by atoms with Gasteiger partial charge in [-0.3, -0.25) is 10.1 Å². The quantitative estimate of drug-likeness (QED) is 0.359. The Morgan fingerprint density at radius 2 is 2.26 bits per heavy atom. The number of oxazole rings is 1. The molecule has 0 unspecified atom stereocenters. The SMILES string of the molecule is COc1ccc(OC(=O)c2cocn2)cc1[N+](=O)[O-]. The van der Waals surface area contributed by atoms with Gasteiger partial charge in [-0.15, -0.1) is 0 Å². The number of hydrogen-bond donors (Lipinski definition) is 0. The predicted molar refractivity (Wildman–Crippen MR) is 61.1 cm³/mol. The number of nitro benzene ring substituents is 1. The number of methoxy groups -OCH3 is 1. The number of rotatable bonds is 4. The first-order valence-electron chi connectivity index (χ1n) is 5.04. The highest BCUT2D eigenvalue weighted by molar-refractivity contribution is 5.88. The van der Waals surface area contributed by atoms with E-state index in [4.69, 9.17) is 9.47 Å². The van der Waals surface area contributed by atoms with Gasteiger partial charge in [0.1, 0.15) is 12.0 Å². The highest BCUT2D eigenvalue weighted by atomic mass is 16.6. The van der Waals surface area contributed by atoms with E-state index in [0.29, 0.717) is 0 Å². The van der Waals surface area contributed by atoms with E-state index in [1.165, 1.54) is 19.2 Å². The van der Waals surface area contributed by atoms with Crippen LogP contribution in [0, 0.1) is 10.1 Å². The van der Waals surface area contributed by atoms with Crippen molar-refractivity contribution in [3.05, 3.63) is 46.7 Å². The van der Waals surface area contributed by atoms with Crippen LogP contribution < -0.4 is 9.47 Å². The molecule has 1 heterocycles. The van der Waals surface area contributed by atoms with E-state index in [-0.39, 0.29) is 22.9 Å². The molecule has 19 heavy (non-hydrogen) atoms. The van der Waals surface area contributed by atoms with Gasteiger partial charge < -0.3 is 13.9 Å². The smallest absolute Gasteiger partial charge is 0.365 e. The molecule has 0 atom stereocenters. The van der Waals surface area contributed by atoms with Crippen molar-refractivity contribution >= 4 is 11.7 Å². The monoisotopic (exact) mass is 264 g/mol. The molecule has 0 fully saturated rings. The van der Waals surface area contributed by atoms with Crippen molar-refractivity contribution in [3.8, 4) is 11.5 Å². The summed E-state index contributed by atoms with van der Waals surface area (Å²) in [6.45, 7) is 0. The maximum Gasteiger partial charge on any atom is 0.365 e. The second kappa shape index (κ2) is 5.17. The van der Waals surface area contributed by atoms with Crippen LogP contribution in [0.2, 0.25) is 0 Å². The Hall–Kier alpha value is -2.90. The second-order valence-electron chi connectivity index (χ2n) is 3.35. The minimum Gasteiger partial charge on any atom is -0.490 e. The molecule has 0 spiro atoms. The van der Waals surface area contributed by atoms with Gasteiger partial charge in [0.25, 0.3) is 0 Å². The Balaban J connectivity index is 2.24. The standard InChI is InChI=1S/C11H8N2O6/c1-17-10-3-2-7(4-9(10)13(15)16)19-11(14)8-5-18-6-12-8/h2-6H,1H3. The Bertz CT molecular complexity index is 608. The zero-order valence-electron chi connectivity index (χ0n) is 9.73. The van der Waals surface area contributed by atoms with Crippen LogP contribution in [-0.4, -0.2) is 23.0 Å². The average Bonchev–Trinajstić information content (AvgIpc) is 2.92. The molecule has 0 N–H and O–H groups in total. The van der Waals surface area contributed by atoms with E-state index >= 15 is 0 Å². The molecule has 0 amide bonds. The van der Waals surface area contributed by atoms with Crippen molar-refractivity contribution in [2.24, 2.45) is 0 Å². The van der Waals surface area contributed by atoms with E-state index in [0.717, 1.165) is 18.7 Å². The summed E-state index contributed by atoms with van der Waals surface area (Å²) in [5.74, 6) is -0.681. The summed E-state index contributed by atoms with van der Waals surface area (Å²) >= 11 is 0. The summed E-state index contributed by atoms with van der Waals surface area (Å²) in [4.78, 5) is 25.3. The van der Waals surface area contributed by atoms with Crippen LogP contribution in [0.5, 0.6) is 11.5 Å². The molecule has 2 rings (SSSR count). The molecule has 1 aromatic carbocycles. The largest absolute Gasteiger partial charge is 0.490 e. The molecule has 2 aromatic rings. The lowest BCUT2D eigenvalue weighted by molar-refractivity contribution is -0.385. The summed E-state index contributed by atoms with van der Waals surface area (Å²) in [6.07, 6.45) is 2.19. The minimum absolute atomic E-state index is 0.0144. The molecule has 98 valence electrons. The normalized spacial score (nSPS) is 9.95. The number of carbonyl (C=O) groups is 1. The summed E-state index contributed by atoms with van der Waals surface area (Å²) in [5.41, 5.74) is -0.327. The van der Waals surface area contributed by atoms with Crippen LogP contribution in [-0.2, 0) is 0 Å². The minimum atomic E-state index is -0.770. The fraction of sp³-hybridized carbons (Fsp3) is 0.0909. The van der Waals surface area contributed by atoms with E-state index < -0.39 is 10.9 Å². The van der Waals surface area contributed by atoms with Gasteiger partial charge in [0.15, 0.2) is 17.8 Å². The Morgan fingerprint density at radius 1 is 1.47 bits per heavy atom. The van der Waals surface area contributed by atoms with E-state index in [1.807, 2.05) is 0 Å².